The molecule has 3 rings (SSSR count). The Balaban J connectivity index is 1.94. The fourth-order valence-corrected chi connectivity index (χ4v) is 2.37. The lowest BCUT2D eigenvalue weighted by Crippen LogP contribution is -1.96. The Bertz CT molecular complexity index is 964. The summed E-state index contributed by atoms with van der Waals surface area (Å²) in [5, 5.41) is 20.9. The highest BCUT2D eigenvalue weighted by atomic mass is 32.1. The van der Waals surface area contributed by atoms with Gasteiger partial charge in [-0.15, -0.1) is 0 Å². The number of hydrogen-bond donors (Lipinski definition) is 2. The van der Waals surface area contributed by atoms with Crippen molar-refractivity contribution in [1.29, 1.82) is 0 Å². The van der Waals surface area contributed by atoms with Crippen LogP contribution in [0.1, 0.15) is 12.5 Å². The minimum absolute atomic E-state index is 0.0610. The maximum absolute atomic E-state index is 13.1. The highest BCUT2D eigenvalue weighted by molar-refractivity contribution is 7.71. The lowest BCUT2D eigenvalue weighted by molar-refractivity contribution is 0.318. The fourth-order valence-electron chi connectivity index (χ4n) is 2.19. The zero-order valence-electron chi connectivity index (χ0n) is 13.3. The van der Waals surface area contributed by atoms with Gasteiger partial charge < -0.3 is 9.84 Å². The summed E-state index contributed by atoms with van der Waals surface area (Å²) in [7, 11) is 0. The van der Waals surface area contributed by atoms with E-state index < -0.39 is 0 Å². The predicted octanol–water partition coefficient (Wildman–Crippen LogP) is 3.73. The van der Waals surface area contributed by atoms with Gasteiger partial charge in [0.15, 0.2) is 17.3 Å². The number of benzene rings is 2. The molecule has 25 heavy (non-hydrogen) atoms. The molecule has 1 aromatic heterocycles. The molecule has 0 bridgehead atoms. The molecule has 0 aliphatic carbocycles. The van der Waals surface area contributed by atoms with Crippen molar-refractivity contribution < 1.29 is 14.2 Å². The first kappa shape index (κ1) is 16.8. The first-order valence-corrected chi connectivity index (χ1v) is 7.93. The summed E-state index contributed by atoms with van der Waals surface area (Å²) in [4.78, 5) is 0. The summed E-state index contributed by atoms with van der Waals surface area (Å²) in [6.07, 6.45) is 1.57. The van der Waals surface area contributed by atoms with Crippen LogP contribution in [-0.4, -0.2) is 32.8 Å². The molecule has 1 heterocycles. The van der Waals surface area contributed by atoms with Crippen molar-refractivity contribution in [2.24, 2.45) is 5.10 Å². The predicted molar refractivity (Wildman–Crippen MR) is 95.1 cm³/mol. The maximum Gasteiger partial charge on any atom is 0.216 e. The highest BCUT2D eigenvalue weighted by Gasteiger charge is 2.08. The molecular formula is C17H15FN4O2S. The van der Waals surface area contributed by atoms with Gasteiger partial charge in [-0.1, -0.05) is 0 Å². The standard InChI is InChI=1S/C17H15FN4O2S/c1-2-24-15-9-11(3-8-14(15)23)10-19-22-16(20-21-17(22)25)12-4-6-13(18)7-5-12/h3-10,23H,2H2,1H3,(H,21,25)/b19-10+. The van der Waals surface area contributed by atoms with E-state index in [0.717, 1.165) is 5.56 Å². The second-order valence-corrected chi connectivity index (χ2v) is 5.46. The Morgan fingerprint density at radius 3 is 2.80 bits per heavy atom. The van der Waals surface area contributed by atoms with E-state index in [1.807, 2.05) is 6.92 Å². The number of nitrogens with zero attached hydrogens (tertiary/aromatic N) is 3. The van der Waals surface area contributed by atoms with Crippen LogP contribution >= 0.6 is 12.2 Å². The zero-order valence-corrected chi connectivity index (χ0v) is 14.1. The number of phenolic OH excluding ortho intramolecular Hbond substituents is 1. The molecule has 0 aliphatic heterocycles. The van der Waals surface area contributed by atoms with Crippen LogP contribution < -0.4 is 4.74 Å². The van der Waals surface area contributed by atoms with Gasteiger partial charge in [-0.25, -0.2) is 9.49 Å². The molecule has 0 unspecified atom stereocenters. The van der Waals surface area contributed by atoms with Crippen molar-refractivity contribution in [3.63, 3.8) is 0 Å². The molecule has 0 amide bonds. The normalized spacial score (nSPS) is 11.1. The van der Waals surface area contributed by atoms with Crippen molar-refractivity contribution >= 4 is 18.4 Å². The van der Waals surface area contributed by atoms with Crippen molar-refractivity contribution in [2.45, 2.75) is 6.92 Å². The highest BCUT2D eigenvalue weighted by Crippen LogP contribution is 2.26. The Kier molecular flexibility index (Phi) is 4.90. The van der Waals surface area contributed by atoms with Gasteiger partial charge in [0.05, 0.1) is 12.8 Å². The molecule has 0 radical (unpaired) electrons. The first-order valence-electron chi connectivity index (χ1n) is 7.52. The van der Waals surface area contributed by atoms with Crippen LogP contribution in [0.15, 0.2) is 47.6 Å². The second-order valence-electron chi connectivity index (χ2n) is 5.08. The van der Waals surface area contributed by atoms with E-state index in [9.17, 15) is 9.50 Å². The van der Waals surface area contributed by atoms with Gasteiger partial charge in [-0.05, 0) is 67.2 Å². The number of aromatic amines is 1. The van der Waals surface area contributed by atoms with Gasteiger partial charge in [0.2, 0.25) is 4.77 Å². The average Bonchev–Trinajstić information content (AvgIpc) is 2.97. The van der Waals surface area contributed by atoms with Gasteiger partial charge in [0.25, 0.3) is 0 Å². The molecule has 0 saturated carbocycles. The van der Waals surface area contributed by atoms with Crippen LogP contribution in [0.4, 0.5) is 4.39 Å². The van der Waals surface area contributed by atoms with E-state index in [0.29, 0.717) is 28.5 Å². The SMILES string of the molecule is CCOc1cc(/C=N/n2c(-c3ccc(F)cc3)n[nH]c2=S)ccc1O. The van der Waals surface area contributed by atoms with E-state index >= 15 is 0 Å². The number of H-pyrrole nitrogens is 1. The topological polar surface area (TPSA) is 75.4 Å². The Hall–Kier alpha value is -3.00. The van der Waals surface area contributed by atoms with Crippen LogP contribution in [0.5, 0.6) is 11.5 Å². The number of aromatic hydroxyl groups is 1. The minimum Gasteiger partial charge on any atom is -0.504 e. The number of halogens is 1. The molecule has 8 heteroatoms. The van der Waals surface area contributed by atoms with Crippen LogP contribution in [0.25, 0.3) is 11.4 Å². The number of aromatic nitrogens is 3. The van der Waals surface area contributed by atoms with Crippen molar-refractivity contribution in [3.8, 4) is 22.9 Å². The Labute approximate surface area is 148 Å². The molecule has 0 saturated heterocycles. The van der Waals surface area contributed by atoms with Crippen LogP contribution in [0.2, 0.25) is 0 Å². The third-order valence-corrected chi connectivity index (χ3v) is 3.62. The zero-order chi connectivity index (χ0) is 17.8. The molecule has 0 atom stereocenters. The van der Waals surface area contributed by atoms with Crippen molar-refractivity contribution in [1.82, 2.24) is 14.9 Å². The smallest absolute Gasteiger partial charge is 0.216 e. The van der Waals surface area contributed by atoms with Crippen molar-refractivity contribution in [2.75, 3.05) is 6.61 Å². The molecule has 2 aromatic carbocycles. The van der Waals surface area contributed by atoms with E-state index in [1.54, 1.807) is 30.5 Å². The van der Waals surface area contributed by atoms with Gasteiger partial charge in [-0.3, -0.25) is 0 Å². The third kappa shape index (κ3) is 3.74. The van der Waals surface area contributed by atoms with Crippen molar-refractivity contribution in [3.05, 3.63) is 58.6 Å². The van der Waals surface area contributed by atoms with Crippen LogP contribution in [-0.2, 0) is 0 Å². The first-order chi connectivity index (χ1) is 12.1. The van der Waals surface area contributed by atoms with Crippen LogP contribution in [0.3, 0.4) is 0 Å². The molecule has 0 spiro atoms. The quantitative estimate of drug-likeness (QED) is 0.538. The Morgan fingerprint density at radius 2 is 2.08 bits per heavy atom. The van der Waals surface area contributed by atoms with E-state index in [1.165, 1.54) is 22.9 Å². The third-order valence-electron chi connectivity index (χ3n) is 3.36. The number of hydrogen-bond acceptors (Lipinski definition) is 5. The Morgan fingerprint density at radius 1 is 1.32 bits per heavy atom. The summed E-state index contributed by atoms with van der Waals surface area (Å²) < 4.78 is 20.2. The summed E-state index contributed by atoms with van der Waals surface area (Å²) in [5.74, 6) is 0.567. The van der Waals surface area contributed by atoms with Crippen LogP contribution in [0, 0.1) is 10.6 Å². The maximum atomic E-state index is 13.1. The summed E-state index contributed by atoms with van der Waals surface area (Å²) in [6.45, 7) is 2.27. The van der Waals surface area contributed by atoms with E-state index in [-0.39, 0.29) is 11.6 Å². The van der Waals surface area contributed by atoms with Gasteiger partial charge in [0, 0.05) is 5.56 Å². The number of ether oxygens (including phenoxy) is 1. The second kappa shape index (κ2) is 7.27. The number of nitrogens with one attached hydrogen (secondary N) is 1. The number of phenols is 1. The molecule has 6 nitrogen and oxygen atoms in total. The van der Waals surface area contributed by atoms with E-state index in [4.69, 9.17) is 17.0 Å². The molecule has 2 N–H and O–H groups in total. The summed E-state index contributed by atoms with van der Waals surface area (Å²) in [6, 6.07) is 10.8. The van der Waals surface area contributed by atoms with Gasteiger partial charge in [0.1, 0.15) is 5.82 Å². The monoisotopic (exact) mass is 358 g/mol. The number of rotatable bonds is 5. The fraction of sp³-hybridized carbons (Fsp3) is 0.118. The summed E-state index contributed by atoms with van der Waals surface area (Å²) in [5.41, 5.74) is 1.39. The molecule has 0 aliphatic rings. The van der Waals surface area contributed by atoms with Gasteiger partial charge >= 0.3 is 0 Å². The van der Waals surface area contributed by atoms with Gasteiger partial charge in [-0.2, -0.15) is 14.9 Å². The minimum atomic E-state index is -0.333. The van der Waals surface area contributed by atoms with E-state index in [2.05, 4.69) is 15.3 Å². The molecule has 128 valence electrons. The molecular weight excluding hydrogens is 343 g/mol. The summed E-state index contributed by atoms with van der Waals surface area (Å²) >= 11 is 5.19. The molecule has 3 aromatic rings. The average molecular weight is 358 g/mol. The lowest BCUT2D eigenvalue weighted by Gasteiger charge is -2.06. The molecule has 0 fully saturated rings. The lowest BCUT2D eigenvalue weighted by atomic mass is 10.2. The largest absolute Gasteiger partial charge is 0.504 e.